The number of aliphatic hydroxyl groups excluding tert-OH is 3. The molecule has 0 spiro atoms. The summed E-state index contributed by atoms with van der Waals surface area (Å²) in [6.45, 7) is 2.82. The number of carbonyl (C=O) groups excluding carboxylic acids is 16. The van der Waals surface area contributed by atoms with Crippen LogP contribution in [-0.4, -0.2) is 282 Å². The first-order chi connectivity index (χ1) is 55.8. The summed E-state index contributed by atoms with van der Waals surface area (Å²) in [6.07, 6.45) is -10.5. The molecule has 2 saturated heterocycles. The number of nitrogens with zero attached hydrogens (tertiary/aromatic N) is 2. The van der Waals surface area contributed by atoms with Gasteiger partial charge in [0.25, 0.3) is 0 Å². The Morgan fingerprint density at radius 2 is 0.908 bits per heavy atom. The van der Waals surface area contributed by atoms with Crippen LogP contribution in [0.1, 0.15) is 129 Å². The number of carbonyl (C=O) groups is 19. The van der Waals surface area contributed by atoms with Crippen molar-refractivity contribution in [1.29, 1.82) is 0 Å². The number of likely N-dealkylation sites (tertiary alicyclic amines) is 2. The van der Waals surface area contributed by atoms with E-state index >= 15 is 0 Å². The van der Waals surface area contributed by atoms with Crippen molar-refractivity contribution in [2.24, 2.45) is 28.9 Å². The summed E-state index contributed by atoms with van der Waals surface area (Å²) in [7, 11) is -3.77. The Morgan fingerprint density at radius 1 is 0.487 bits per heavy atom. The zero-order valence-electron chi connectivity index (χ0n) is 65.8. The van der Waals surface area contributed by atoms with Crippen LogP contribution < -0.4 is 85.9 Å². The molecule has 2 heterocycles. The Balaban J connectivity index is 1.61. The molecule has 2 fully saturated rings. The van der Waals surface area contributed by atoms with Gasteiger partial charge in [0, 0.05) is 52.3 Å². The van der Waals surface area contributed by atoms with Gasteiger partial charge in [-0.2, -0.15) is 0 Å². The minimum Gasteiger partial charge on any atom is -0.481 e. The first-order valence-electron chi connectivity index (χ1n) is 37.7. The highest BCUT2D eigenvalue weighted by atomic mass is 31.2. The molecule has 0 saturated carbocycles. The molecule has 2 aliphatic heterocycles. The van der Waals surface area contributed by atoms with Crippen molar-refractivity contribution < 1.29 is 140 Å². The maximum atomic E-state index is 14.9. The maximum absolute atomic E-state index is 14.9. The summed E-state index contributed by atoms with van der Waals surface area (Å²) >= 11 is 0. The van der Waals surface area contributed by atoms with Crippen LogP contribution in [0.15, 0.2) is 54.6 Å². The lowest BCUT2D eigenvalue weighted by Gasteiger charge is -2.31. The predicted molar refractivity (Wildman–Crippen MR) is 409 cm³/mol. The van der Waals surface area contributed by atoms with Crippen LogP contribution in [-0.2, 0) is 113 Å². The quantitative estimate of drug-likeness (QED) is 0.0274. The van der Waals surface area contributed by atoms with Crippen molar-refractivity contribution in [2.75, 3.05) is 33.4 Å². The zero-order valence-corrected chi connectivity index (χ0v) is 66.7. The zero-order chi connectivity index (χ0) is 89.3. The fourth-order valence-electron chi connectivity index (χ4n) is 12.5. The predicted octanol–water partition coefficient (Wildman–Crippen LogP) is -8.11. The largest absolute Gasteiger partial charge is 0.527 e. The standard InChI is InChI=1S/C72H106N17O29P/c1-35(2)29-48(72(113)114)84-64(105)47(32-54(76)95)83-61(102)42(21-25-56(97)98)78-55(96)33-77-66(107)50-13-9-27-88(50)70(111)44(20-24-53(75)94)80-63(104)46(31-39-15-17-40(18-16-39)118-119(115,116)117-5)82-62(103)43(19-23-52(74)93)79-67(108)51-14-10-28-89(51)71(112)45(22-26-57(99)100)81-68(109)59(37(4)92)87-65(106)49(34-90)85-69(110)58(36(3)91)86-60(101)41(73)30-38-11-7-6-8-12-38/h6-8,11-12,15-18,35-37,41-51,58-59,90-92H,9-10,13-14,19-34,73H2,1-5H3,(H2,74,93)(H2,75,94)(H2,76,95)(H,77,107)(H,78,96)(H,79,108)(H,80,104)(H,81,109)(H,82,103)(H,83,102)(H,84,105)(H,85,110)(H,86,101)(H,87,106)(H,97,98)(H,99,100)(H,113,114)(H,115,116)/t36-,37-,41+,42+,43+,44+,45+,46+,47+,48+,49+,50+,51+,58+,59+/m1/s1. The number of carboxylic acids is 3. The van der Waals surface area contributed by atoms with Gasteiger partial charge in [-0.25, -0.2) is 9.36 Å². The number of rotatable bonds is 51. The van der Waals surface area contributed by atoms with Gasteiger partial charge < -0.3 is 126 Å². The number of nitrogens with two attached hydrogens (primary N) is 4. The van der Waals surface area contributed by atoms with E-state index in [1.165, 1.54) is 12.1 Å². The van der Waals surface area contributed by atoms with Gasteiger partial charge in [-0.3, -0.25) is 95.7 Å². The van der Waals surface area contributed by atoms with Gasteiger partial charge in [0.2, 0.25) is 94.5 Å². The van der Waals surface area contributed by atoms with Crippen LogP contribution >= 0.6 is 7.82 Å². The molecule has 119 heavy (non-hydrogen) atoms. The molecule has 16 amide bonds. The molecule has 0 aliphatic carbocycles. The van der Waals surface area contributed by atoms with E-state index in [1.54, 1.807) is 44.2 Å². The highest BCUT2D eigenvalue weighted by molar-refractivity contribution is 7.47. The molecule has 1 unspecified atom stereocenters. The summed E-state index contributed by atoms with van der Waals surface area (Å²) in [5, 5.41) is 85.6. The Kier molecular flexibility index (Phi) is 40.3. The fourth-order valence-corrected chi connectivity index (χ4v) is 12.9. The fraction of sp³-hybridized carbons (Fsp3) is 0.569. The molecule has 0 aromatic heterocycles. The number of aliphatic hydroxyl groups is 3. The van der Waals surface area contributed by atoms with E-state index in [-0.39, 0.29) is 68.8 Å². The summed E-state index contributed by atoms with van der Waals surface area (Å²) in [6, 6.07) is -9.17. The van der Waals surface area contributed by atoms with Gasteiger partial charge in [-0.05, 0) is 107 Å². The molecule has 2 aromatic carbocycles. The third kappa shape index (κ3) is 33.6. The Bertz CT molecular complexity index is 4030. The second kappa shape index (κ2) is 48.1. The normalized spacial score (nSPS) is 17.5. The first-order valence-corrected chi connectivity index (χ1v) is 39.2. The molecule has 16 atom stereocenters. The number of hydrogen-bond donors (Lipinski definition) is 22. The molecule has 4 rings (SSSR count). The van der Waals surface area contributed by atoms with Crippen molar-refractivity contribution in [3.63, 3.8) is 0 Å². The number of benzene rings is 2. The molecular weight excluding hydrogens is 1600 g/mol. The number of amides is 16. The Labute approximate surface area is 681 Å². The van der Waals surface area contributed by atoms with Gasteiger partial charge >= 0.3 is 25.7 Å². The van der Waals surface area contributed by atoms with E-state index in [0.717, 1.165) is 42.9 Å². The molecule has 0 radical (unpaired) electrons. The van der Waals surface area contributed by atoms with Gasteiger partial charge in [0.1, 0.15) is 78.3 Å². The van der Waals surface area contributed by atoms with Crippen molar-refractivity contribution in [2.45, 2.75) is 221 Å². The third-order valence-electron chi connectivity index (χ3n) is 18.7. The summed E-state index contributed by atoms with van der Waals surface area (Å²) in [5.74, 6) is -23.1. The van der Waals surface area contributed by atoms with Gasteiger partial charge in [0.05, 0.1) is 37.8 Å². The average Bonchev–Trinajstić information content (AvgIpc) is 1.73. The molecular formula is C72H106N17O29P. The van der Waals surface area contributed by atoms with Crippen LogP contribution in [0.5, 0.6) is 5.75 Å². The average molecular weight is 1700 g/mol. The van der Waals surface area contributed by atoms with Crippen molar-refractivity contribution >= 4 is 120 Å². The van der Waals surface area contributed by atoms with Crippen LogP contribution in [0.2, 0.25) is 0 Å². The highest BCUT2D eigenvalue weighted by Crippen LogP contribution is 2.42. The lowest BCUT2D eigenvalue weighted by atomic mass is 10.0. The third-order valence-corrected chi connectivity index (χ3v) is 19.6. The van der Waals surface area contributed by atoms with E-state index < -0.39 is 288 Å². The molecule has 0 bridgehead atoms. The van der Waals surface area contributed by atoms with Crippen LogP contribution in [0, 0.1) is 5.92 Å². The molecule has 26 N–H and O–H groups in total. The first kappa shape index (κ1) is 99.5. The van der Waals surface area contributed by atoms with E-state index in [9.17, 15) is 131 Å². The molecule has 2 aliphatic rings. The summed E-state index contributed by atoms with van der Waals surface area (Å²) in [5.41, 5.74) is 23.2. The second-order valence-corrected chi connectivity index (χ2v) is 30.2. The summed E-state index contributed by atoms with van der Waals surface area (Å²) in [4.78, 5) is 267. The minimum atomic E-state index is -4.65. The topological polar surface area (TPSA) is 744 Å². The lowest BCUT2D eigenvalue weighted by Crippen LogP contribution is -2.63. The number of aliphatic carboxylic acids is 3. The summed E-state index contributed by atoms with van der Waals surface area (Å²) < 4.78 is 21.8. The second-order valence-electron chi connectivity index (χ2n) is 28.7. The molecule has 47 heteroatoms. The van der Waals surface area contributed by atoms with Crippen molar-refractivity contribution in [3.05, 3.63) is 65.7 Å². The van der Waals surface area contributed by atoms with Crippen LogP contribution in [0.4, 0.5) is 0 Å². The van der Waals surface area contributed by atoms with E-state index in [2.05, 4.69) is 63.0 Å². The van der Waals surface area contributed by atoms with Crippen molar-refractivity contribution in [3.8, 4) is 5.75 Å². The van der Waals surface area contributed by atoms with E-state index in [0.29, 0.717) is 5.56 Å². The molecule has 658 valence electrons. The van der Waals surface area contributed by atoms with Crippen LogP contribution in [0.25, 0.3) is 0 Å². The molecule has 2 aromatic rings. The number of nitrogens with one attached hydrogen (secondary N) is 11. The molecule has 46 nitrogen and oxygen atoms in total. The number of carboxylic acid groups (broad SMARTS) is 3. The van der Waals surface area contributed by atoms with Crippen LogP contribution in [0.3, 0.4) is 0 Å². The van der Waals surface area contributed by atoms with Gasteiger partial charge in [0.15, 0.2) is 0 Å². The number of phosphoric ester groups is 1. The smallest absolute Gasteiger partial charge is 0.481 e. The Hall–Kier alpha value is -11.8. The van der Waals surface area contributed by atoms with E-state index in [1.807, 2.05) is 0 Å². The van der Waals surface area contributed by atoms with Gasteiger partial charge in [-0.15, -0.1) is 0 Å². The number of hydrogen-bond acceptors (Lipinski definition) is 26. The SMILES string of the molecule is COP(=O)(O)Oc1ccc(C[C@H](NC(=O)[C@H](CCC(N)=O)NC(=O)[C@@H]2CCCN2C(=O)[C@H](CCC(=O)O)NC(=O)[C@@H](NC(=O)[C@H](CO)NC(=O)[C@@H](NC(=O)[C@@H](N)Cc2ccccc2)[C@@H](C)O)[C@@H](C)O)C(=O)N[C@@H](CCC(N)=O)C(=O)N2CCC[C@H]2C(=O)NCC(=O)N[C@@H](CCC(=O)O)C(=O)N[C@@H](CC(N)=O)C(=O)N[C@@H](CC(C)C)C(=O)O)cc1. The monoisotopic (exact) mass is 1700 g/mol. The number of primary amides is 3. The van der Waals surface area contributed by atoms with E-state index in [4.69, 9.17) is 27.5 Å². The number of phosphoric acid groups is 1. The maximum Gasteiger partial charge on any atom is 0.527 e. The van der Waals surface area contributed by atoms with Gasteiger partial charge in [-0.1, -0.05) is 56.3 Å². The lowest BCUT2D eigenvalue weighted by molar-refractivity contribution is -0.144. The Morgan fingerprint density at radius 3 is 1.39 bits per heavy atom. The highest BCUT2D eigenvalue weighted by Gasteiger charge is 2.44. The van der Waals surface area contributed by atoms with Crippen molar-refractivity contribution in [1.82, 2.24) is 68.3 Å². The minimum absolute atomic E-state index is 0.0157.